The van der Waals surface area contributed by atoms with Gasteiger partial charge in [-0.05, 0) is 54.2 Å². The lowest BCUT2D eigenvalue weighted by molar-refractivity contribution is 0.224. The summed E-state index contributed by atoms with van der Waals surface area (Å²) in [5.74, 6) is 0.750. The Kier molecular flexibility index (Phi) is 4.34. The molecule has 0 aromatic heterocycles. The maximum Gasteiger partial charge on any atom is 0.0143 e. The van der Waals surface area contributed by atoms with Gasteiger partial charge < -0.3 is 10.2 Å². The highest BCUT2D eigenvalue weighted by molar-refractivity contribution is 5.29. The average molecular weight is 347 g/mol. The molecule has 3 aliphatic rings. The predicted octanol–water partition coefficient (Wildman–Crippen LogP) is 4.01. The molecule has 2 fully saturated rings. The molecule has 0 bridgehead atoms. The van der Waals surface area contributed by atoms with Crippen LogP contribution in [0.1, 0.15) is 41.9 Å². The van der Waals surface area contributed by atoms with Gasteiger partial charge in [-0.2, -0.15) is 0 Å². The van der Waals surface area contributed by atoms with Crippen LogP contribution in [-0.4, -0.2) is 37.1 Å². The van der Waals surface area contributed by atoms with Gasteiger partial charge in [0.05, 0.1) is 0 Å². The molecule has 136 valence electrons. The van der Waals surface area contributed by atoms with Gasteiger partial charge in [-0.25, -0.2) is 0 Å². The van der Waals surface area contributed by atoms with E-state index in [9.17, 15) is 0 Å². The molecule has 0 unspecified atom stereocenters. The lowest BCUT2D eigenvalue weighted by atomic mass is 10.0. The van der Waals surface area contributed by atoms with E-state index < -0.39 is 0 Å². The number of rotatable bonds is 6. The fraction of sp³-hybridized carbons (Fsp3) is 0.500. The topological polar surface area (TPSA) is 15.3 Å². The van der Waals surface area contributed by atoms with E-state index in [2.05, 4.69) is 64.8 Å². The molecular weight excluding hydrogens is 316 g/mol. The SMILES string of the molecule is c1ccc([C@H]2C[C@@H]2NCC2(CN3CCc4ccccc4CC3)CC2)cc1. The van der Waals surface area contributed by atoms with Gasteiger partial charge in [0, 0.05) is 38.1 Å². The lowest BCUT2D eigenvalue weighted by Crippen LogP contribution is -2.38. The third kappa shape index (κ3) is 3.58. The highest BCUT2D eigenvalue weighted by Crippen LogP contribution is 2.48. The summed E-state index contributed by atoms with van der Waals surface area (Å²) in [6, 6.07) is 20.8. The lowest BCUT2D eigenvalue weighted by Gasteiger charge is -2.26. The molecule has 5 rings (SSSR count). The quantitative estimate of drug-likeness (QED) is 0.850. The molecule has 1 N–H and O–H groups in total. The van der Waals surface area contributed by atoms with Crippen molar-refractivity contribution < 1.29 is 0 Å². The fourth-order valence-corrected chi connectivity index (χ4v) is 4.75. The summed E-state index contributed by atoms with van der Waals surface area (Å²) in [5, 5.41) is 3.90. The van der Waals surface area contributed by atoms with E-state index in [1.807, 2.05) is 0 Å². The minimum atomic E-state index is 0.556. The van der Waals surface area contributed by atoms with Gasteiger partial charge in [0.15, 0.2) is 0 Å². The molecule has 0 radical (unpaired) electrons. The number of nitrogens with zero attached hydrogens (tertiary/aromatic N) is 1. The van der Waals surface area contributed by atoms with E-state index >= 15 is 0 Å². The Morgan fingerprint density at radius 1 is 0.885 bits per heavy atom. The molecule has 0 saturated heterocycles. The molecule has 26 heavy (non-hydrogen) atoms. The summed E-state index contributed by atoms with van der Waals surface area (Å²) < 4.78 is 0. The summed E-state index contributed by atoms with van der Waals surface area (Å²) in [6.45, 7) is 4.96. The number of nitrogens with one attached hydrogen (secondary N) is 1. The third-order valence-electron chi connectivity index (χ3n) is 6.79. The van der Waals surface area contributed by atoms with Gasteiger partial charge >= 0.3 is 0 Å². The Morgan fingerprint density at radius 3 is 2.19 bits per heavy atom. The van der Waals surface area contributed by atoms with Crippen molar-refractivity contribution in [2.45, 2.75) is 44.1 Å². The first-order valence-corrected chi connectivity index (χ1v) is 10.4. The summed E-state index contributed by atoms with van der Waals surface area (Å²) in [6.07, 6.45) is 6.58. The zero-order valence-corrected chi connectivity index (χ0v) is 15.7. The van der Waals surface area contributed by atoms with Crippen LogP contribution in [0.3, 0.4) is 0 Å². The summed E-state index contributed by atoms with van der Waals surface area (Å²) >= 11 is 0. The van der Waals surface area contributed by atoms with Crippen LogP contribution in [0.5, 0.6) is 0 Å². The van der Waals surface area contributed by atoms with Crippen LogP contribution in [0.4, 0.5) is 0 Å². The predicted molar refractivity (Wildman–Crippen MR) is 108 cm³/mol. The molecule has 0 spiro atoms. The second kappa shape index (κ2) is 6.83. The molecule has 2 nitrogen and oxygen atoms in total. The highest BCUT2D eigenvalue weighted by Gasteiger charge is 2.46. The van der Waals surface area contributed by atoms with Crippen molar-refractivity contribution in [2.75, 3.05) is 26.2 Å². The van der Waals surface area contributed by atoms with Crippen LogP contribution in [0.25, 0.3) is 0 Å². The van der Waals surface area contributed by atoms with E-state index in [0.717, 1.165) is 5.92 Å². The Hall–Kier alpha value is -1.64. The van der Waals surface area contributed by atoms with E-state index in [-0.39, 0.29) is 0 Å². The van der Waals surface area contributed by atoms with Gasteiger partial charge in [-0.15, -0.1) is 0 Å². The first kappa shape index (κ1) is 16.5. The highest BCUT2D eigenvalue weighted by atomic mass is 15.1. The molecular formula is C24H30N2. The molecule has 0 amide bonds. The zero-order chi connectivity index (χ0) is 17.4. The molecule has 2 aromatic carbocycles. The van der Waals surface area contributed by atoms with Crippen molar-refractivity contribution in [3.63, 3.8) is 0 Å². The monoisotopic (exact) mass is 346 g/mol. The van der Waals surface area contributed by atoms with E-state index in [1.54, 1.807) is 11.1 Å². The van der Waals surface area contributed by atoms with E-state index in [0.29, 0.717) is 11.5 Å². The first-order valence-electron chi connectivity index (χ1n) is 10.4. The van der Waals surface area contributed by atoms with Crippen LogP contribution in [-0.2, 0) is 12.8 Å². The maximum atomic E-state index is 3.90. The Bertz CT molecular complexity index is 723. The van der Waals surface area contributed by atoms with E-state index in [1.165, 1.54) is 63.8 Å². The third-order valence-corrected chi connectivity index (χ3v) is 6.79. The number of hydrogen-bond acceptors (Lipinski definition) is 2. The van der Waals surface area contributed by atoms with Crippen molar-refractivity contribution in [1.82, 2.24) is 10.2 Å². The molecule has 1 heterocycles. The van der Waals surface area contributed by atoms with Crippen molar-refractivity contribution in [3.8, 4) is 0 Å². The fourth-order valence-electron chi connectivity index (χ4n) is 4.75. The van der Waals surface area contributed by atoms with Crippen LogP contribution in [0.15, 0.2) is 54.6 Å². The average Bonchev–Trinajstić information content (AvgIpc) is 3.59. The van der Waals surface area contributed by atoms with Crippen molar-refractivity contribution in [2.24, 2.45) is 5.41 Å². The molecule has 1 aliphatic heterocycles. The van der Waals surface area contributed by atoms with Crippen LogP contribution in [0, 0.1) is 5.41 Å². The van der Waals surface area contributed by atoms with Gasteiger partial charge in [-0.1, -0.05) is 54.6 Å². The van der Waals surface area contributed by atoms with Crippen LogP contribution >= 0.6 is 0 Å². The van der Waals surface area contributed by atoms with Crippen molar-refractivity contribution in [3.05, 3.63) is 71.3 Å². The second-order valence-electron chi connectivity index (χ2n) is 8.79. The zero-order valence-electron chi connectivity index (χ0n) is 15.7. The first-order chi connectivity index (χ1) is 12.8. The van der Waals surface area contributed by atoms with Gasteiger partial charge in [0.1, 0.15) is 0 Å². The van der Waals surface area contributed by atoms with Gasteiger partial charge in [0.25, 0.3) is 0 Å². The molecule has 2 aromatic rings. The number of benzene rings is 2. The van der Waals surface area contributed by atoms with Crippen molar-refractivity contribution >= 4 is 0 Å². The Labute approximate surface area is 157 Å². The summed E-state index contributed by atoms with van der Waals surface area (Å²) in [4.78, 5) is 2.73. The smallest absolute Gasteiger partial charge is 0.0143 e. The minimum Gasteiger partial charge on any atom is -0.313 e. The standard InChI is InChI=1S/C24H30N2/c1-2-8-21(9-3-1)22-16-23(22)25-17-24(12-13-24)18-26-14-10-19-6-4-5-7-20(19)11-15-26/h1-9,22-23,25H,10-18H2/t22-,23+/m1/s1. The molecule has 2 saturated carbocycles. The molecule has 2 aliphatic carbocycles. The number of hydrogen-bond donors (Lipinski definition) is 1. The maximum absolute atomic E-state index is 3.90. The Morgan fingerprint density at radius 2 is 1.54 bits per heavy atom. The second-order valence-corrected chi connectivity index (χ2v) is 8.79. The Balaban J connectivity index is 1.12. The molecule has 2 atom stereocenters. The van der Waals surface area contributed by atoms with Crippen LogP contribution in [0.2, 0.25) is 0 Å². The minimum absolute atomic E-state index is 0.556. The molecule has 2 heteroatoms. The summed E-state index contributed by atoms with van der Waals surface area (Å²) in [5.41, 5.74) is 5.21. The normalized spacial score (nSPS) is 26.8. The van der Waals surface area contributed by atoms with Gasteiger partial charge in [-0.3, -0.25) is 0 Å². The van der Waals surface area contributed by atoms with Crippen LogP contribution < -0.4 is 5.32 Å². The number of fused-ring (bicyclic) bond motifs is 1. The largest absolute Gasteiger partial charge is 0.313 e. The van der Waals surface area contributed by atoms with Gasteiger partial charge in [0.2, 0.25) is 0 Å². The summed E-state index contributed by atoms with van der Waals surface area (Å²) in [7, 11) is 0. The van der Waals surface area contributed by atoms with E-state index in [4.69, 9.17) is 0 Å². The van der Waals surface area contributed by atoms with Crippen molar-refractivity contribution in [1.29, 1.82) is 0 Å².